The molecule has 0 aliphatic carbocycles. The Morgan fingerprint density at radius 3 is 2.71 bits per heavy atom. The number of esters is 1. The van der Waals surface area contributed by atoms with E-state index >= 15 is 0 Å². The molecule has 1 fully saturated rings. The lowest BCUT2D eigenvalue weighted by Gasteiger charge is -2.31. The van der Waals surface area contributed by atoms with Crippen LogP contribution in [0.3, 0.4) is 0 Å². The number of anilines is 2. The molecule has 2 aliphatic rings. The number of ether oxygens (including phenoxy) is 4. The highest BCUT2D eigenvalue weighted by Gasteiger charge is 2.30. The van der Waals surface area contributed by atoms with Crippen molar-refractivity contribution in [2.45, 2.75) is 19.8 Å². The monoisotopic (exact) mass is 650 g/mol. The Hall–Kier alpha value is -4.74. The van der Waals surface area contributed by atoms with Crippen LogP contribution in [-0.4, -0.2) is 53.0 Å². The molecule has 0 spiro atoms. The molecule has 1 aromatic heterocycles. The number of carbonyl (C=O) groups is 2. The van der Waals surface area contributed by atoms with E-state index in [-0.39, 0.29) is 47.6 Å². The number of rotatable bonds is 8. The van der Waals surface area contributed by atoms with E-state index in [0.717, 1.165) is 4.68 Å². The van der Waals surface area contributed by atoms with Crippen molar-refractivity contribution in [2.75, 3.05) is 31.8 Å². The van der Waals surface area contributed by atoms with Crippen molar-refractivity contribution in [3.05, 3.63) is 92.8 Å². The highest BCUT2D eigenvalue weighted by atomic mass is 35.5. The zero-order valence-corrected chi connectivity index (χ0v) is 25.6. The van der Waals surface area contributed by atoms with Gasteiger partial charge in [0.05, 0.1) is 34.5 Å². The molecule has 11 nitrogen and oxygen atoms in total. The summed E-state index contributed by atoms with van der Waals surface area (Å²) in [5.74, 6) is 0.715. The Morgan fingerprint density at radius 1 is 1.04 bits per heavy atom. The van der Waals surface area contributed by atoms with Gasteiger partial charge in [-0.3, -0.25) is 14.4 Å². The SMILES string of the molecule is CCOC(=O)[C@H]1CCCN(C(=O)c2cccc(Nc3c(Oc4ccc5c(c4)OCO5)cnn(-c4ccc(Cl)c(Cl)c4)c3=O)c2)C1. The van der Waals surface area contributed by atoms with Crippen LogP contribution in [0.5, 0.6) is 23.0 Å². The van der Waals surface area contributed by atoms with Crippen molar-refractivity contribution in [1.29, 1.82) is 0 Å². The summed E-state index contributed by atoms with van der Waals surface area (Å²) >= 11 is 12.3. The second-order valence-electron chi connectivity index (χ2n) is 10.4. The minimum Gasteiger partial charge on any atom is -0.466 e. The number of piperidine rings is 1. The van der Waals surface area contributed by atoms with Crippen LogP contribution >= 0.6 is 23.2 Å². The Balaban J connectivity index is 1.32. The first-order valence-corrected chi connectivity index (χ1v) is 15.0. The van der Waals surface area contributed by atoms with Gasteiger partial charge in [-0.2, -0.15) is 9.78 Å². The number of hydrogen-bond acceptors (Lipinski definition) is 9. The van der Waals surface area contributed by atoms with Gasteiger partial charge in [0.1, 0.15) is 5.75 Å². The van der Waals surface area contributed by atoms with Crippen molar-refractivity contribution in [1.82, 2.24) is 14.7 Å². The van der Waals surface area contributed by atoms with Gasteiger partial charge in [-0.15, -0.1) is 0 Å². The first-order chi connectivity index (χ1) is 21.8. The van der Waals surface area contributed by atoms with E-state index in [1.807, 2.05) is 0 Å². The second-order valence-corrected chi connectivity index (χ2v) is 11.2. The number of fused-ring (bicyclic) bond motifs is 1. The van der Waals surface area contributed by atoms with Gasteiger partial charge in [-0.1, -0.05) is 29.3 Å². The normalized spacial score (nSPS) is 15.4. The minimum absolute atomic E-state index is 0.0543. The summed E-state index contributed by atoms with van der Waals surface area (Å²) in [6.07, 6.45) is 2.76. The number of aromatic nitrogens is 2. The average molecular weight is 652 g/mol. The van der Waals surface area contributed by atoms with Crippen LogP contribution in [-0.2, 0) is 9.53 Å². The number of nitrogens with zero attached hydrogens (tertiary/aromatic N) is 3. The molecule has 13 heteroatoms. The number of benzene rings is 3. The van der Waals surface area contributed by atoms with Crippen LogP contribution in [0.2, 0.25) is 10.0 Å². The summed E-state index contributed by atoms with van der Waals surface area (Å²) in [5, 5.41) is 8.04. The summed E-state index contributed by atoms with van der Waals surface area (Å²) in [7, 11) is 0. The van der Waals surface area contributed by atoms with Crippen LogP contribution in [0.15, 0.2) is 71.7 Å². The molecule has 1 saturated heterocycles. The summed E-state index contributed by atoms with van der Waals surface area (Å²) in [6, 6.07) is 16.5. The van der Waals surface area contributed by atoms with Crippen molar-refractivity contribution < 1.29 is 28.5 Å². The topological polar surface area (TPSA) is 121 Å². The van der Waals surface area contributed by atoms with Gasteiger partial charge in [0.2, 0.25) is 6.79 Å². The molecule has 1 atom stereocenters. The third-order valence-electron chi connectivity index (χ3n) is 7.37. The molecule has 4 aromatic rings. The summed E-state index contributed by atoms with van der Waals surface area (Å²) in [6.45, 7) is 2.96. The van der Waals surface area contributed by atoms with E-state index in [0.29, 0.717) is 65.2 Å². The quantitative estimate of drug-likeness (QED) is 0.222. The smallest absolute Gasteiger partial charge is 0.310 e. The number of likely N-dealkylation sites (tertiary alicyclic amines) is 1. The van der Waals surface area contributed by atoms with Gasteiger partial charge < -0.3 is 29.2 Å². The lowest BCUT2D eigenvalue weighted by atomic mass is 9.97. The third-order valence-corrected chi connectivity index (χ3v) is 8.11. The fourth-order valence-corrected chi connectivity index (χ4v) is 5.46. The van der Waals surface area contributed by atoms with Crippen LogP contribution in [0.1, 0.15) is 30.1 Å². The standard InChI is InChI=1S/C32H28Cl2N4O7/c1-2-42-32(41)20-6-4-12-37(17-20)30(39)19-5-3-7-21(13-19)36-29-28(45-23-9-11-26-27(15-23)44-18-43-26)16-35-38(31(29)40)22-8-10-24(33)25(34)14-22/h3,5,7-11,13-16,20,36H,2,4,6,12,17-18H2,1H3/t20-/m0/s1. The van der Waals surface area contributed by atoms with Crippen LogP contribution in [0.25, 0.3) is 5.69 Å². The summed E-state index contributed by atoms with van der Waals surface area (Å²) in [4.78, 5) is 41.4. The van der Waals surface area contributed by atoms with E-state index in [4.69, 9.17) is 42.1 Å². The van der Waals surface area contributed by atoms with E-state index in [1.165, 1.54) is 12.3 Å². The maximum Gasteiger partial charge on any atom is 0.310 e. The Bertz CT molecular complexity index is 1830. The molecule has 1 amide bonds. The number of halogens is 2. The maximum atomic E-state index is 13.9. The molecule has 2 aliphatic heterocycles. The molecule has 3 heterocycles. The number of amides is 1. The Labute approximate surface area is 268 Å². The van der Waals surface area contributed by atoms with Crippen molar-refractivity contribution >= 4 is 46.5 Å². The van der Waals surface area contributed by atoms with Gasteiger partial charge in [-0.25, -0.2) is 0 Å². The molecule has 232 valence electrons. The third kappa shape index (κ3) is 6.54. The van der Waals surface area contributed by atoms with Crippen LogP contribution in [0.4, 0.5) is 11.4 Å². The number of hydrogen-bond donors (Lipinski definition) is 1. The average Bonchev–Trinajstić information content (AvgIpc) is 3.52. The fourth-order valence-electron chi connectivity index (χ4n) is 5.17. The fraction of sp³-hybridized carbons (Fsp3) is 0.250. The predicted octanol–water partition coefficient (Wildman–Crippen LogP) is 6.22. The molecule has 0 unspecified atom stereocenters. The molecule has 1 N–H and O–H groups in total. The van der Waals surface area contributed by atoms with E-state index in [2.05, 4.69) is 10.4 Å². The van der Waals surface area contributed by atoms with Gasteiger partial charge in [0.25, 0.3) is 11.5 Å². The largest absolute Gasteiger partial charge is 0.466 e. The van der Waals surface area contributed by atoms with Gasteiger partial charge in [-0.05, 0) is 68.3 Å². The first kappa shape index (κ1) is 30.3. The van der Waals surface area contributed by atoms with E-state index in [9.17, 15) is 14.4 Å². The summed E-state index contributed by atoms with van der Waals surface area (Å²) < 4.78 is 23.3. The highest BCUT2D eigenvalue weighted by Crippen LogP contribution is 2.38. The zero-order chi connectivity index (χ0) is 31.5. The van der Waals surface area contributed by atoms with Crippen molar-refractivity contribution in [2.24, 2.45) is 5.92 Å². The van der Waals surface area contributed by atoms with Crippen LogP contribution in [0, 0.1) is 5.92 Å². The number of carbonyl (C=O) groups excluding carboxylic acids is 2. The molecular formula is C32H28Cl2N4O7. The lowest BCUT2D eigenvalue weighted by molar-refractivity contribution is -0.149. The van der Waals surface area contributed by atoms with Crippen LogP contribution < -0.4 is 25.1 Å². The van der Waals surface area contributed by atoms with E-state index < -0.39 is 5.56 Å². The predicted molar refractivity (Wildman–Crippen MR) is 167 cm³/mol. The summed E-state index contributed by atoms with van der Waals surface area (Å²) in [5.41, 5.74) is 0.744. The molecular weight excluding hydrogens is 623 g/mol. The zero-order valence-electron chi connectivity index (χ0n) is 24.1. The molecule has 6 rings (SSSR count). The van der Waals surface area contributed by atoms with Gasteiger partial charge >= 0.3 is 5.97 Å². The van der Waals surface area contributed by atoms with Gasteiger partial charge in [0, 0.05) is 30.4 Å². The second kappa shape index (κ2) is 13.1. The molecule has 45 heavy (non-hydrogen) atoms. The first-order valence-electron chi connectivity index (χ1n) is 14.3. The van der Waals surface area contributed by atoms with Gasteiger partial charge in [0.15, 0.2) is 22.9 Å². The van der Waals surface area contributed by atoms with E-state index in [1.54, 1.807) is 66.4 Å². The van der Waals surface area contributed by atoms with Crippen molar-refractivity contribution in [3.63, 3.8) is 0 Å². The Morgan fingerprint density at radius 2 is 1.89 bits per heavy atom. The van der Waals surface area contributed by atoms with Crippen molar-refractivity contribution in [3.8, 4) is 28.7 Å². The number of nitrogens with one attached hydrogen (secondary N) is 1. The Kier molecular flexibility index (Phi) is 8.81. The lowest BCUT2D eigenvalue weighted by Crippen LogP contribution is -2.42. The molecule has 0 saturated carbocycles. The molecule has 0 bridgehead atoms. The minimum atomic E-state index is -0.545. The molecule has 3 aromatic carbocycles. The molecule has 0 radical (unpaired) electrons. The maximum absolute atomic E-state index is 13.9. The highest BCUT2D eigenvalue weighted by molar-refractivity contribution is 6.42.